The highest BCUT2D eigenvalue weighted by molar-refractivity contribution is 9.10. The van der Waals surface area contributed by atoms with Crippen molar-refractivity contribution in [2.24, 2.45) is 0 Å². The van der Waals surface area contributed by atoms with E-state index in [1.165, 1.54) is 5.56 Å². The fourth-order valence-electron chi connectivity index (χ4n) is 1.97. The lowest BCUT2D eigenvalue weighted by molar-refractivity contribution is 1.05. The maximum Gasteiger partial charge on any atom is 0.0991 e. The van der Waals surface area contributed by atoms with Crippen LogP contribution in [-0.4, -0.2) is 9.55 Å². The van der Waals surface area contributed by atoms with Gasteiger partial charge in [0.05, 0.1) is 6.33 Å². The van der Waals surface area contributed by atoms with Crippen LogP contribution in [0.3, 0.4) is 0 Å². The zero-order valence-electron chi connectivity index (χ0n) is 11.2. The monoisotopic (exact) mass is 359 g/mol. The fraction of sp³-hybridized carbons (Fsp3) is 0.0625. The van der Waals surface area contributed by atoms with Gasteiger partial charge in [-0.3, -0.25) is 0 Å². The molecular formula is C16H14BrN3S. The molecule has 0 saturated heterocycles. The van der Waals surface area contributed by atoms with Gasteiger partial charge >= 0.3 is 0 Å². The van der Waals surface area contributed by atoms with Crippen LogP contribution in [0.25, 0.3) is 5.69 Å². The quantitative estimate of drug-likeness (QED) is 0.550. The van der Waals surface area contributed by atoms with E-state index in [-0.39, 0.29) is 0 Å². The Bertz CT molecular complexity index is 724. The molecule has 0 aliphatic heterocycles. The summed E-state index contributed by atoms with van der Waals surface area (Å²) in [7, 11) is 0. The van der Waals surface area contributed by atoms with E-state index in [9.17, 15) is 0 Å². The lowest BCUT2D eigenvalue weighted by Crippen LogP contribution is -1.91. The van der Waals surface area contributed by atoms with E-state index < -0.39 is 0 Å². The molecule has 0 radical (unpaired) electrons. The molecule has 106 valence electrons. The molecule has 0 unspecified atom stereocenters. The van der Waals surface area contributed by atoms with Gasteiger partial charge in [0.2, 0.25) is 0 Å². The molecule has 0 saturated carbocycles. The summed E-state index contributed by atoms with van der Waals surface area (Å²) in [5.74, 6) is 0.894. The number of nitrogens with two attached hydrogens (primary N) is 1. The highest BCUT2D eigenvalue weighted by Gasteiger charge is 2.02. The second-order valence-electron chi connectivity index (χ2n) is 4.61. The van der Waals surface area contributed by atoms with E-state index in [1.807, 2.05) is 22.9 Å². The molecule has 3 nitrogen and oxygen atoms in total. The number of hydrogen-bond donors (Lipinski definition) is 1. The summed E-state index contributed by atoms with van der Waals surface area (Å²) >= 11 is 5.22. The van der Waals surface area contributed by atoms with Gasteiger partial charge in [-0.2, -0.15) is 0 Å². The van der Waals surface area contributed by atoms with Crippen LogP contribution in [0.1, 0.15) is 5.56 Å². The van der Waals surface area contributed by atoms with Crippen molar-refractivity contribution >= 4 is 33.4 Å². The molecule has 3 rings (SSSR count). The number of anilines is 1. The molecule has 1 heterocycles. The predicted octanol–water partition coefficient (Wildman–Crippen LogP) is 4.51. The first-order valence-electron chi connectivity index (χ1n) is 6.47. The fourth-order valence-corrected chi connectivity index (χ4v) is 3.44. The van der Waals surface area contributed by atoms with Crippen LogP contribution in [0.15, 0.2) is 70.6 Å². The van der Waals surface area contributed by atoms with Gasteiger partial charge in [0.1, 0.15) is 0 Å². The number of rotatable bonds is 4. The molecule has 0 amide bonds. The van der Waals surface area contributed by atoms with Gasteiger partial charge in [-0.05, 0) is 35.9 Å². The highest BCUT2D eigenvalue weighted by Crippen LogP contribution is 2.30. The van der Waals surface area contributed by atoms with Gasteiger partial charge in [0.15, 0.2) is 0 Å². The Labute approximate surface area is 136 Å². The van der Waals surface area contributed by atoms with E-state index in [2.05, 4.69) is 51.2 Å². The lowest BCUT2D eigenvalue weighted by Gasteiger charge is -2.07. The normalized spacial score (nSPS) is 10.7. The van der Waals surface area contributed by atoms with Gasteiger partial charge in [-0.1, -0.05) is 28.1 Å². The van der Waals surface area contributed by atoms with Crippen LogP contribution in [0.2, 0.25) is 0 Å². The molecule has 3 aromatic rings. The molecule has 1 aromatic heterocycles. The second kappa shape index (κ2) is 6.37. The van der Waals surface area contributed by atoms with Crippen molar-refractivity contribution in [2.45, 2.75) is 10.6 Å². The molecule has 0 atom stereocenters. The molecule has 0 fully saturated rings. The average molecular weight is 360 g/mol. The Balaban J connectivity index is 1.70. The number of imidazole rings is 1. The van der Waals surface area contributed by atoms with Crippen LogP contribution >= 0.6 is 27.7 Å². The summed E-state index contributed by atoms with van der Waals surface area (Å²) in [5, 5.41) is 0. The molecule has 2 N–H and O–H groups in total. The minimum atomic E-state index is 0.818. The molecule has 0 bridgehead atoms. The van der Waals surface area contributed by atoms with Crippen molar-refractivity contribution < 1.29 is 0 Å². The number of halogens is 1. The van der Waals surface area contributed by atoms with Crippen molar-refractivity contribution in [3.05, 3.63) is 71.2 Å². The summed E-state index contributed by atoms with van der Waals surface area (Å²) in [6.45, 7) is 0. The number of nitrogens with zero attached hydrogens (tertiary/aromatic N) is 2. The summed E-state index contributed by atoms with van der Waals surface area (Å²) in [5.41, 5.74) is 9.19. The standard InChI is InChI=1S/C16H14BrN3S/c17-13-3-6-15(18)16(9-13)21-10-12-1-4-14(5-2-12)20-8-7-19-11-20/h1-9,11H,10,18H2. The minimum Gasteiger partial charge on any atom is -0.398 e. The summed E-state index contributed by atoms with van der Waals surface area (Å²) in [4.78, 5) is 5.16. The summed E-state index contributed by atoms with van der Waals surface area (Å²) in [6, 6.07) is 14.4. The van der Waals surface area contributed by atoms with E-state index in [4.69, 9.17) is 5.73 Å². The van der Waals surface area contributed by atoms with Gasteiger partial charge in [0.25, 0.3) is 0 Å². The lowest BCUT2D eigenvalue weighted by atomic mass is 10.2. The third-order valence-electron chi connectivity index (χ3n) is 3.11. The largest absolute Gasteiger partial charge is 0.398 e. The number of thioether (sulfide) groups is 1. The maximum atomic E-state index is 5.99. The third-order valence-corrected chi connectivity index (χ3v) is 4.74. The average Bonchev–Trinajstić information content (AvgIpc) is 3.03. The number of aromatic nitrogens is 2. The Morgan fingerprint density at radius 2 is 1.95 bits per heavy atom. The second-order valence-corrected chi connectivity index (χ2v) is 6.54. The smallest absolute Gasteiger partial charge is 0.0991 e. The van der Waals surface area contributed by atoms with Crippen LogP contribution in [0.5, 0.6) is 0 Å². The maximum absolute atomic E-state index is 5.99. The molecule has 0 aliphatic rings. The van der Waals surface area contributed by atoms with Crippen molar-refractivity contribution in [1.82, 2.24) is 9.55 Å². The van der Waals surface area contributed by atoms with E-state index >= 15 is 0 Å². The highest BCUT2D eigenvalue weighted by atomic mass is 79.9. The van der Waals surface area contributed by atoms with E-state index in [1.54, 1.807) is 24.3 Å². The van der Waals surface area contributed by atoms with E-state index in [0.717, 1.165) is 26.5 Å². The summed E-state index contributed by atoms with van der Waals surface area (Å²) in [6.07, 6.45) is 5.51. The van der Waals surface area contributed by atoms with Gasteiger partial charge in [-0.25, -0.2) is 4.98 Å². The third kappa shape index (κ3) is 3.49. The van der Waals surface area contributed by atoms with E-state index in [0.29, 0.717) is 0 Å². The minimum absolute atomic E-state index is 0.818. The molecule has 21 heavy (non-hydrogen) atoms. The van der Waals surface area contributed by atoms with Crippen molar-refractivity contribution in [2.75, 3.05) is 5.73 Å². The molecule has 0 spiro atoms. The molecular weight excluding hydrogens is 346 g/mol. The molecule has 2 aromatic carbocycles. The zero-order chi connectivity index (χ0) is 14.7. The van der Waals surface area contributed by atoms with Crippen molar-refractivity contribution in [3.8, 4) is 5.69 Å². The first-order valence-corrected chi connectivity index (χ1v) is 8.25. The summed E-state index contributed by atoms with van der Waals surface area (Å²) < 4.78 is 3.04. The zero-order valence-corrected chi connectivity index (χ0v) is 13.6. The van der Waals surface area contributed by atoms with Crippen LogP contribution < -0.4 is 5.73 Å². The van der Waals surface area contributed by atoms with Crippen LogP contribution in [-0.2, 0) is 5.75 Å². The van der Waals surface area contributed by atoms with Crippen LogP contribution in [0.4, 0.5) is 5.69 Å². The first-order chi connectivity index (χ1) is 10.2. The topological polar surface area (TPSA) is 43.8 Å². The first kappa shape index (κ1) is 14.2. The Kier molecular flexibility index (Phi) is 4.31. The van der Waals surface area contributed by atoms with Gasteiger partial charge < -0.3 is 10.3 Å². The number of nitrogen functional groups attached to an aromatic ring is 1. The molecule has 5 heteroatoms. The van der Waals surface area contributed by atoms with Crippen molar-refractivity contribution in [3.63, 3.8) is 0 Å². The number of hydrogen-bond acceptors (Lipinski definition) is 3. The Morgan fingerprint density at radius 1 is 1.14 bits per heavy atom. The molecule has 0 aliphatic carbocycles. The van der Waals surface area contributed by atoms with Gasteiger partial charge in [0, 0.05) is 38.9 Å². The Hall–Kier alpha value is -1.72. The Morgan fingerprint density at radius 3 is 2.67 bits per heavy atom. The van der Waals surface area contributed by atoms with Crippen LogP contribution in [0, 0.1) is 0 Å². The number of benzene rings is 2. The van der Waals surface area contributed by atoms with Gasteiger partial charge in [-0.15, -0.1) is 11.8 Å². The van der Waals surface area contributed by atoms with Crippen molar-refractivity contribution in [1.29, 1.82) is 0 Å². The SMILES string of the molecule is Nc1ccc(Br)cc1SCc1ccc(-n2ccnc2)cc1. The predicted molar refractivity (Wildman–Crippen MR) is 91.7 cm³/mol.